The third-order valence-corrected chi connectivity index (χ3v) is 3.64. The van der Waals surface area contributed by atoms with Crippen LogP contribution in [0.4, 0.5) is 0 Å². The van der Waals surface area contributed by atoms with Gasteiger partial charge in [0.15, 0.2) is 0 Å². The van der Waals surface area contributed by atoms with Crippen LogP contribution in [0, 0.1) is 0 Å². The first-order valence-electron chi connectivity index (χ1n) is 8.44. The molecule has 1 atom stereocenters. The highest BCUT2D eigenvalue weighted by Gasteiger charge is 2.14. The highest BCUT2D eigenvalue weighted by Crippen LogP contribution is 2.20. The topological polar surface area (TPSA) is 55.4 Å². The largest absolute Gasteiger partial charge is 0.496 e. The molecule has 0 spiro atoms. The van der Waals surface area contributed by atoms with E-state index >= 15 is 0 Å². The Kier molecular flexibility index (Phi) is 9.75. The Morgan fingerprint density at radius 1 is 0.833 bits per heavy atom. The SMILES string of the molecule is COc1ccccc1CC1COCCOCCOCCOCCO1. The van der Waals surface area contributed by atoms with Crippen molar-refractivity contribution in [3.8, 4) is 5.75 Å². The van der Waals surface area contributed by atoms with Crippen LogP contribution in [0.3, 0.4) is 0 Å². The molecule has 1 aromatic carbocycles. The van der Waals surface area contributed by atoms with Gasteiger partial charge in [-0.1, -0.05) is 18.2 Å². The lowest BCUT2D eigenvalue weighted by molar-refractivity contribution is -0.0451. The maximum absolute atomic E-state index is 5.93. The van der Waals surface area contributed by atoms with Crippen LogP contribution in [0.15, 0.2) is 24.3 Å². The summed E-state index contributed by atoms with van der Waals surface area (Å²) in [6.07, 6.45) is 0.680. The molecular formula is C18H28O6. The lowest BCUT2D eigenvalue weighted by Crippen LogP contribution is -2.26. The first-order chi connectivity index (χ1) is 11.9. The fourth-order valence-corrected chi connectivity index (χ4v) is 2.43. The van der Waals surface area contributed by atoms with E-state index in [2.05, 4.69) is 6.07 Å². The minimum atomic E-state index is -0.0497. The van der Waals surface area contributed by atoms with Gasteiger partial charge in [0.25, 0.3) is 0 Å². The quantitative estimate of drug-likeness (QED) is 0.835. The summed E-state index contributed by atoms with van der Waals surface area (Å²) in [4.78, 5) is 0. The van der Waals surface area contributed by atoms with Crippen molar-refractivity contribution in [2.24, 2.45) is 0 Å². The van der Waals surface area contributed by atoms with E-state index in [1.54, 1.807) is 7.11 Å². The van der Waals surface area contributed by atoms with E-state index in [-0.39, 0.29) is 6.10 Å². The summed E-state index contributed by atoms with van der Waals surface area (Å²) in [7, 11) is 1.68. The molecular weight excluding hydrogens is 312 g/mol. The van der Waals surface area contributed by atoms with Gasteiger partial charge in [-0.25, -0.2) is 0 Å². The summed E-state index contributed by atoms with van der Waals surface area (Å²) in [6, 6.07) is 7.97. The predicted octanol–water partition coefficient (Wildman–Crippen LogP) is 1.70. The number of hydrogen-bond acceptors (Lipinski definition) is 6. The van der Waals surface area contributed by atoms with Crippen LogP contribution in [-0.2, 0) is 30.1 Å². The summed E-state index contributed by atoms with van der Waals surface area (Å²) < 4.78 is 33.4. The first kappa shape index (κ1) is 19.1. The molecule has 0 aliphatic carbocycles. The second-order valence-corrected chi connectivity index (χ2v) is 5.42. The average molecular weight is 340 g/mol. The Morgan fingerprint density at radius 2 is 1.42 bits per heavy atom. The number of hydrogen-bond donors (Lipinski definition) is 0. The predicted molar refractivity (Wildman–Crippen MR) is 89.7 cm³/mol. The fraction of sp³-hybridized carbons (Fsp3) is 0.667. The van der Waals surface area contributed by atoms with Gasteiger partial charge in [0.05, 0.1) is 72.7 Å². The van der Waals surface area contributed by atoms with Crippen LogP contribution in [0.2, 0.25) is 0 Å². The molecule has 0 bridgehead atoms. The van der Waals surface area contributed by atoms with Crippen LogP contribution < -0.4 is 4.74 Å². The Morgan fingerprint density at radius 3 is 2.08 bits per heavy atom. The monoisotopic (exact) mass is 340 g/mol. The third kappa shape index (κ3) is 7.59. The van der Waals surface area contributed by atoms with Gasteiger partial charge in [0.2, 0.25) is 0 Å². The zero-order valence-corrected chi connectivity index (χ0v) is 14.4. The van der Waals surface area contributed by atoms with Crippen LogP contribution >= 0.6 is 0 Å². The highest BCUT2D eigenvalue weighted by molar-refractivity contribution is 5.33. The number of rotatable bonds is 3. The van der Waals surface area contributed by atoms with Crippen molar-refractivity contribution in [1.82, 2.24) is 0 Å². The summed E-state index contributed by atoms with van der Waals surface area (Å²) in [5.41, 5.74) is 1.11. The average Bonchev–Trinajstić information content (AvgIpc) is 2.62. The minimum Gasteiger partial charge on any atom is -0.496 e. The second-order valence-electron chi connectivity index (χ2n) is 5.42. The number of para-hydroxylation sites is 1. The molecule has 0 aromatic heterocycles. The normalized spacial score (nSPS) is 22.3. The summed E-state index contributed by atoms with van der Waals surface area (Å²) in [5, 5.41) is 0. The van der Waals surface area contributed by atoms with Crippen molar-refractivity contribution in [1.29, 1.82) is 0 Å². The molecule has 1 heterocycles. The van der Waals surface area contributed by atoms with Crippen molar-refractivity contribution in [3.05, 3.63) is 29.8 Å². The number of ether oxygens (including phenoxy) is 6. The van der Waals surface area contributed by atoms with E-state index in [4.69, 9.17) is 28.4 Å². The molecule has 0 N–H and O–H groups in total. The minimum absolute atomic E-state index is 0.0497. The fourth-order valence-electron chi connectivity index (χ4n) is 2.43. The summed E-state index contributed by atoms with van der Waals surface area (Å²) >= 11 is 0. The smallest absolute Gasteiger partial charge is 0.122 e. The lowest BCUT2D eigenvalue weighted by Gasteiger charge is -2.19. The van der Waals surface area contributed by atoms with Crippen LogP contribution in [0.5, 0.6) is 5.75 Å². The lowest BCUT2D eigenvalue weighted by atomic mass is 10.1. The molecule has 1 aliphatic heterocycles. The zero-order chi connectivity index (χ0) is 16.9. The van der Waals surface area contributed by atoms with Crippen molar-refractivity contribution >= 4 is 0 Å². The summed E-state index contributed by atoms with van der Waals surface area (Å²) in [5.74, 6) is 0.869. The molecule has 6 heteroatoms. The van der Waals surface area contributed by atoms with E-state index in [0.29, 0.717) is 59.5 Å². The van der Waals surface area contributed by atoms with Gasteiger partial charge in [-0.3, -0.25) is 0 Å². The third-order valence-electron chi connectivity index (χ3n) is 3.64. The van der Waals surface area contributed by atoms with Gasteiger partial charge in [-0.05, 0) is 11.6 Å². The van der Waals surface area contributed by atoms with Crippen LogP contribution in [-0.4, -0.2) is 72.7 Å². The molecule has 2 rings (SSSR count). The molecule has 0 radical (unpaired) electrons. The maximum Gasteiger partial charge on any atom is 0.122 e. The van der Waals surface area contributed by atoms with Crippen molar-refractivity contribution in [3.63, 3.8) is 0 Å². The Bertz CT molecular complexity index is 423. The van der Waals surface area contributed by atoms with Crippen molar-refractivity contribution < 1.29 is 28.4 Å². The molecule has 136 valence electrons. The molecule has 1 unspecified atom stereocenters. The van der Waals surface area contributed by atoms with E-state index in [1.165, 1.54) is 0 Å². The van der Waals surface area contributed by atoms with Crippen molar-refractivity contribution in [2.75, 3.05) is 66.6 Å². The Balaban J connectivity index is 1.86. The number of benzene rings is 1. The van der Waals surface area contributed by atoms with Crippen molar-refractivity contribution in [2.45, 2.75) is 12.5 Å². The van der Waals surface area contributed by atoms with E-state index in [0.717, 1.165) is 17.7 Å². The Labute approximate surface area is 143 Å². The second kappa shape index (κ2) is 12.2. The highest BCUT2D eigenvalue weighted by atomic mass is 16.6. The molecule has 6 nitrogen and oxygen atoms in total. The van der Waals surface area contributed by atoms with E-state index in [1.807, 2.05) is 18.2 Å². The molecule has 1 fully saturated rings. The maximum atomic E-state index is 5.93. The summed E-state index contributed by atoms with van der Waals surface area (Å²) in [6.45, 7) is 4.98. The van der Waals surface area contributed by atoms with Gasteiger partial charge < -0.3 is 28.4 Å². The molecule has 1 aromatic rings. The van der Waals surface area contributed by atoms with Gasteiger partial charge in [-0.2, -0.15) is 0 Å². The molecule has 0 amide bonds. The Hall–Kier alpha value is -1.18. The van der Waals surface area contributed by atoms with Gasteiger partial charge >= 0.3 is 0 Å². The van der Waals surface area contributed by atoms with E-state index in [9.17, 15) is 0 Å². The number of methoxy groups -OCH3 is 1. The van der Waals surface area contributed by atoms with Crippen LogP contribution in [0.25, 0.3) is 0 Å². The molecule has 1 aliphatic rings. The molecule has 24 heavy (non-hydrogen) atoms. The first-order valence-corrected chi connectivity index (χ1v) is 8.44. The van der Waals surface area contributed by atoms with E-state index < -0.39 is 0 Å². The molecule has 0 saturated carbocycles. The zero-order valence-electron chi connectivity index (χ0n) is 14.4. The van der Waals surface area contributed by atoms with Gasteiger partial charge in [0, 0.05) is 6.42 Å². The molecule has 1 saturated heterocycles. The standard InChI is InChI=1S/C18H28O6/c1-19-18-5-3-2-4-16(18)14-17-15-23-11-10-21-7-6-20-8-9-22-12-13-24-17/h2-5,17H,6-15H2,1H3. The van der Waals surface area contributed by atoms with Gasteiger partial charge in [0.1, 0.15) is 5.75 Å². The van der Waals surface area contributed by atoms with Crippen LogP contribution in [0.1, 0.15) is 5.56 Å². The van der Waals surface area contributed by atoms with Gasteiger partial charge in [-0.15, -0.1) is 0 Å².